The highest BCUT2D eigenvalue weighted by Gasteiger charge is 2.10. The van der Waals surface area contributed by atoms with E-state index >= 15 is 0 Å². The second-order valence-corrected chi connectivity index (χ2v) is 7.07. The third kappa shape index (κ3) is 3.52. The quantitative estimate of drug-likeness (QED) is 0.744. The molecule has 2 rings (SSSR count). The molecule has 1 aromatic carbocycles. The predicted octanol–water partition coefficient (Wildman–Crippen LogP) is 3.75. The van der Waals surface area contributed by atoms with E-state index in [0.717, 1.165) is 17.9 Å². The van der Waals surface area contributed by atoms with Gasteiger partial charge in [-0.15, -0.1) is 11.3 Å². The zero-order valence-electron chi connectivity index (χ0n) is 9.54. The molecule has 0 aliphatic rings. The van der Waals surface area contributed by atoms with Gasteiger partial charge in [0, 0.05) is 19.1 Å². The van der Waals surface area contributed by atoms with Crippen molar-refractivity contribution in [2.45, 2.75) is 13.5 Å². The minimum atomic E-state index is -0.0754. The number of carbonyl (C=O) groups excluding carboxylic acids is 1. The monoisotopic (exact) mass is 436 g/mol. The van der Waals surface area contributed by atoms with Crippen molar-refractivity contribution in [3.63, 3.8) is 0 Å². The molecule has 0 bridgehead atoms. The molecule has 1 amide bonds. The van der Waals surface area contributed by atoms with Gasteiger partial charge >= 0.3 is 0 Å². The maximum absolute atomic E-state index is 12.0. The van der Waals surface area contributed by atoms with Crippen molar-refractivity contribution < 1.29 is 4.79 Å². The molecular weight excluding hydrogens is 427 g/mol. The molecule has 0 atom stereocenters. The summed E-state index contributed by atoms with van der Waals surface area (Å²) in [7, 11) is 0. The van der Waals surface area contributed by atoms with Crippen molar-refractivity contribution in [3.05, 3.63) is 47.9 Å². The van der Waals surface area contributed by atoms with Gasteiger partial charge in [-0.1, -0.05) is 15.9 Å². The summed E-state index contributed by atoms with van der Waals surface area (Å²) in [6, 6.07) is 5.65. The van der Waals surface area contributed by atoms with Gasteiger partial charge in [0.15, 0.2) is 0 Å². The van der Waals surface area contributed by atoms with Gasteiger partial charge in [0.2, 0.25) is 0 Å². The lowest BCUT2D eigenvalue weighted by Crippen LogP contribution is -2.23. The van der Waals surface area contributed by atoms with Gasteiger partial charge in [-0.25, -0.2) is 4.98 Å². The van der Waals surface area contributed by atoms with E-state index in [0.29, 0.717) is 12.1 Å². The molecule has 6 heteroatoms. The normalized spacial score (nSPS) is 10.4. The summed E-state index contributed by atoms with van der Waals surface area (Å²) in [4.78, 5) is 17.4. The maximum atomic E-state index is 12.0. The Balaban J connectivity index is 2.05. The van der Waals surface area contributed by atoms with E-state index in [2.05, 4.69) is 48.8 Å². The van der Waals surface area contributed by atoms with Crippen LogP contribution in [0.2, 0.25) is 0 Å². The van der Waals surface area contributed by atoms with Crippen molar-refractivity contribution in [1.82, 2.24) is 10.3 Å². The highest BCUT2D eigenvalue weighted by atomic mass is 127. The van der Waals surface area contributed by atoms with E-state index in [4.69, 9.17) is 0 Å². The fourth-order valence-electron chi connectivity index (χ4n) is 1.41. The molecule has 0 aliphatic carbocycles. The first-order valence-corrected chi connectivity index (χ1v) is 7.89. The number of halogens is 2. The lowest BCUT2D eigenvalue weighted by molar-refractivity contribution is 0.0950. The van der Waals surface area contributed by atoms with E-state index in [9.17, 15) is 4.79 Å². The number of hydrogen-bond donors (Lipinski definition) is 1. The summed E-state index contributed by atoms with van der Waals surface area (Å²) in [5.41, 5.74) is 0.679. The van der Waals surface area contributed by atoms with E-state index < -0.39 is 0 Å². The molecule has 0 unspecified atom stereocenters. The van der Waals surface area contributed by atoms with E-state index in [-0.39, 0.29) is 5.91 Å². The number of rotatable bonds is 3. The van der Waals surface area contributed by atoms with Crippen LogP contribution in [0.15, 0.2) is 28.9 Å². The molecule has 18 heavy (non-hydrogen) atoms. The molecule has 1 aromatic heterocycles. The van der Waals surface area contributed by atoms with Crippen molar-refractivity contribution in [2.24, 2.45) is 0 Å². The number of thiazole rings is 1. The molecule has 2 aromatic rings. The summed E-state index contributed by atoms with van der Waals surface area (Å²) >= 11 is 7.12. The topological polar surface area (TPSA) is 42.0 Å². The minimum Gasteiger partial charge on any atom is -0.345 e. The van der Waals surface area contributed by atoms with Crippen molar-refractivity contribution in [2.75, 3.05) is 0 Å². The Hall–Kier alpha value is -0.470. The Kier molecular flexibility index (Phi) is 4.74. The third-order valence-corrected chi connectivity index (χ3v) is 4.59. The average molecular weight is 437 g/mol. The highest BCUT2D eigenvalue weighted by Crippen LogP contribution is 2.18. The maximum Gasteiger partial charge on any atom is 0.252 e. The number of aryl methyl sites for hydroxylation is 1. The van der Waals surface area contributed by atoms with Crippen LogP contribution in [0.3, 0.4) is 0 Å². The predicted molar refractivity (Wildman–Crippen MR) is 84.9 cm³/mol. The van der Waals surface area contributed by atoms with Crippen LogP contribution in [-0.4, -0.2) is 10.9 Å². The second-order valence-electron chi connectivity index (χ2n) is 3.67. The third-order valence-electron chi connectivity index (χ3n) is 2.24. The van der Waals surface area contributed by atoms with Crippen LogP contribution in [-0.2, 0) is 6.54 Å². The first kappa shape index (κ1) is 14.0. The summed E-state index contributed by atoms with van der Waals surface area (Å²) in [5.74, 6) is -0.0754. The van der Waals surface area contributed by atoms with Crippen molar-refractivity contribution in [1.29, 1.82) is 0 Å². The van der Waals surface area contributed by atoms with E-state index in [1.807, 2.05) is 31.3 Å². The molecule has 0 radical (unpaired) electrons. The summed E-state index contributed by atoms with van der Waals surface area (Å²) in [6.07, 6.45) is 1.81. The summed E-state index contributed by atoms with van der Waals surface area (Å²) < 4.78 is 1.83. The van der Waals surface area contributed by atoms with Crippen molar-refractivity contribution >= 4 is 55.8 Å². The van der Waals surface area contributed by atoms with Gasteiger partial charge in [0.25, 0.3) is 5.91 Å². The fraction of sp³-hybridized carbons (Fsp3) is 0.167. The Morgan fingerprint density at radius 2 is 2.33 bits per heavy atom. The summed E-state index contributed by atoms with van der Waals surface area (Å²) in [5, 5.41) is 3.80. The second kappa shape index (κ2) is 6.12. The van der Waals surface area contributed by atoms with Crippen LogP contribution >= 0.6 is 49.9 Å². The standard InChI is InChI=1S/C12H10BrIN2OS/c1-7-5-15-11(18-7)6-16-12(17)9-4-8(13)2-3-10(9)14/h2-5H,6H2,1H3,(H,16,17). The molecule has 1 heterocycles. The Morgan fingerprint density at radius 3 is 3.00 bits per heavy atom. The lowest BCUT2D eigenvalue weighted by atomic mass is 10.2. The van der Waals surface area contributed by atoms with Gasteiger partial charge in [-0.2, -0.15) is 0 Å². The molecule has 0 fully saturated rings. The molecule has 94 valence electrons. The number of carbonyl (C=O) groups is 1. The number of benzene rings is 1. The van der Waals surface area contributed by atoms with Gasteiger partial charge in [0.1, 0.15) is 5.01 Å². The molecule has 1 N–H and O–H groups in total. The largest absolute Gasteiger partial charge is 0.345 e. The highest BCUT2D eigenvalue weighted by molar-refractivity contribution is 14.1. The van der Waals surface area contributed by atoms with Crippen LogP contribution in [0, 0.1) is 10.5 Å². The smallest absolute Gasteiger partial charge is 0.252 e. The molecule has 0 aliphatic heterocycles. The Bertz CT molecular complexity index is 585. The summed E-state index contributed by atoms with van der Waals surface area (Å²) in [6.45, 7) is 2.47. The van der Waals surface area contributed by atoms with Crippen LogP contribution in [0.1, 0.15) is 20.2 Å². The number of aromatic nitrogens is 1. The molecule has 0 saturated carbocycles. The van der Waals surface area contributed by atoms with E-state index in [1.165, 1.54) is 0 Å². The number of nitrogens with one attached hydrogen (secondary N) is 1. The first-order chi connectivity index (χ1) is 8.56. The number of nitrogens with zero attached hydrogens (tertiary/aromatic N) is 1. The Morgan fingerprint density at radius 1 is 1.56 bits per heavy atom. The zero-order chi connectivity index (χ0) is 13.1. The average Bonchev–Trinajstić information content (AvgIpc) is 2.75. The number of hydrogen-bond acceptors (Lipinski definition) is 3. The molecular formula is C12H10BrIN2OS. The Labute approximate surface area is 131 Å². The van der Waals surface area contributed by atoms with Crippen LogP contribution in [0.25, 0.3) is 0 Å². The number of amides is 1. The van der Waals surface area contributed by atoms with Crippen LogP contribution < -0.4 is 5.32 Å². The minimum absolute atomic E-state index is 0.0754. The zero-order valence-corrected chi connectivity index (χ0v) is 14.1. The lowest BCUT2D eigenvalue weighted by Gasteiger charge is -2.06. The van der Waals surface area contributed by atoms with Gasteiger partial charge in [-0.3, -0.25) is 4.79 Å². The van der Waals surface area contributed by atoms with Crippen molar-refractivity contribution in [3.8, 4) is 0 Å². The molecule has 0 saturated heterocycles. The molecule has 3 nitrogen and oxygen atoms in total. The molecule has 0 spiro atoms. The van der Waals surface area contributed by atoms with Gasteiger partial charge < -0.3 is 5.32 Å². The fourth-order valence-corrected chi connectivity index (χ4v) is 3.07. The van der Waals surface area contributed by atoms with Crippen LogP contribution in [0.4, 0.5) is 0 Å². The van der Waals surface area contributed by atoms with Gasteiger partial charge in [0.05, 0.1) is 12.1 Å². The SMILES string of the molecule is Cc1cnc(CNC(=O)c2cc(Br)ccc2I)s1. The van der Waals surface area contributed by atoms with Crippen LogP contribution in [0.5, 0.6) is 0 Å². The van der Waals surface area contributed by atoms with Gasteiger partial charge in [-0.05, 0) is 47.7 Å². The van der Waals surface area contributed by atoms with E-state index in [1.54, 1.807) is 11.3 Å². The first-order valence-electron chi connectivity index (χ1n) is 5.21.